The van der Waals surface area contributed by atoms with Gasteiger partial charge in [-0.05, 0) is 49.9 Å². The summed E-state index contributed by atoms with van der Waals surface area (Å²) in [7, 11) is 0. The predicted molar refractivity (Wildman–Crippen MR) is 134 cm³/mol. The fourth-order valence-corrected chi connectivity index (χ4v) is 4.34. The van der Waals surface area contributed by atoms with Crippen LogP contribution < -0.4 is 10.2 Å². The van der Waals surface area contributed by atoms with Crippen molar-refractivity contribution >= 4 is 11.7 Å². The van der Waals surface area contributed by atoms with Crippen molar-refractivity contribution in [3.63, 3.8) is 0 Å². The van der Waals surface area contributed by atoms with Crippen LogP contribution in [0.15, 0.2) is 71.6 Å². The molecule has 8 nitrogen and oxygen atoms in total. The third kappa shape index (κ3) is 5.37. The highest BCUT2D eigenvalue weighted by atomic mass is 16.5. The Hall–Kier alpha value is -4.07. The first-order valence-electron chi connectivity index (χ1n) is 11.9. The van der Waals surface area contributed by atoms with Gasteiger partial charge in [0.2, 0.25) is 11.7 Å². The molecule has 1 amide bonds. The first-order chi connectivity index (χ1) is 17.2. The molecule has 0 bridgehead atoms. The van der Waals surface area contributed by atoms with Gasteiger partial charge in [0.1, 0.15) is 5.82 Å². The lowest BCUT2D eigenvalue weighted by atomic mass is 9.95. The van der Waals surface area contributed by atoms with Crippen LogP contribution in [0.1, 0.15) is 24.0 Å². The molecule has 8 heteroatoms. The second-order valence-electron chi connectivity index (χ2n) is 8.83. The van der Waals surface area contributed by atoms with Crippen LogP contribution in [-0.2, 0) is 11.2 Å². The fraction of sp³-hybridized carbons (Fsp3) is 0.296. The highest BCUT2D eigenvalue weighted by Gasteiger charge is 2.27. The quantitative estimate of drug-likeness (QED) is 0.436. The number of anilines is 1. The molecule has 0 spiro atoms. The molecule has 0 radical (unpaired) electrons. The van der Waals surface area contributed by atoms with Gasteiger partial charge < -0.3 is 14.7 Å². The van der Waals surface area contributed by atoms with E-state index in [1.54, 1.807) is 12.4 Å². The van der Waals surface area contributed by atoms with Crippen molar-refractivity contribution in [2.45, 2.75) is 26.2 Å². The van der Waals surface area contributed by atoms with E-state index >= 15 is 0 Å². The van der Waals surface area contributed by atoms with E-state index in [9.17, 15) is 4.79 Å². The van der Waals surface area contributed by atoms with Crippen LogP contribution in [0.3, 0.4) is 0 Å². The van der Waals surface area contributed by atoms with Gasteiger partial charge in [0.25, 0.3) is 5.89 Å². The summed E-state index contributed by atoms with van der Waals surface area (Å²) in [6, 6.07) is 15.8. The van der Waals surface area contributed by atoms with Gasteiger partial charge in [-0.25, -0.2) is 4.98 Å². The number of aromatic nitrogens is 4. The molecule has 1 aliphatic heterocycles. The summed E-state index contributed by atoms with van der Waals surface area (Å²) in [5.41, 5.74) is 4.01. The molecule has 1 fully saturated rings. The van der Waals surface area contributed by atoms with E-state index in [1.165, 1.54) is 5.56 Å². The molecule has 35 heavy (non-hydrogen) atoms. The normalized spacial score (nSPS) is 14.1. The Labute approximate surface area is 204 Å². The smallest absolute Gasteiger partial charge is 0.261 e. The third-order valence-corrected chi connectivity index (χ3v) is 6.35. The van der Waals surface area contributed by atoms with Gasteiger partial charge in [0.15, 0.2) is 0 Å². The van der Waals surface area contributed by atoms with Crippen LogP contribution in [0.5, 0.6) is 0 Å². The van der Waals surface area contributed by atoms with E-state index in [4.69, 9.17) is 4.52 Å². The maximum absolute atomic E-state index is 12.7. The molecular formula is C27H28N6O2. The van der Waals surface area contributed by atoms with Crippen molar-refractivity contribution in [2.75, 3.05) is 24.5 Å². The lowest BCUT2D eigenvalue weighted by Crippen LogP contribution is -2.41. The Morgan fingerprint density at radius 3 is 2.66 bits per heavy atom. The third-order valence-electron chi connectivity index (χ3n) is 6.35. The Kier molecular flexibility index (Phi) is 6.79. The van der Waals surface area contributed by atoms with Crippen molar-refractivity contribution in [1.29, 1.82) is 0 Å². The second kappa shape index (κ2) is 10.5. The van der Waals surface area contributed by atoms with Crippen LogP contribution in [0.25, 0.3) is 22.8 Å². The topological polar surface area (TPSA) is 97.0 Å². The lowest BCUT2D eigenvalue weighted by Gasteiger charge is -2.32. The summed E-state index contributed by atoms with van der Waals surface area (Å²) in [5, 5.41) is 7.26. The van der Waals surface area contributed by atoms with E-state index < -0.39 is 0 Å². The fourth-order valence-electron chi connectivity index (χ4n) is 4.34. The predicted octanol–water partition coefficient (Wildman–Crippen LogP) is 4.08. The highest BCUT2D eigenvalue weighted by Crippen LogP contribution is 2.32. The van der Waals surface area contributed by atoms with Gasteiger partial charge in [0, 0.05) is 49.7 Å². The molecule has 0 unspecified atom stereocenters. The summed E-state index contributed by atoms with van der Waals surface area (Å²) in [6.07, 6.45) is 7.69. The Bertz CT molecular complexity index is 1260. The van der Waals surface area contributed by atoms with Crippen LogP contribution in [-0.4, -0.2) is 45.7 Å². The number of amides is 1. The van der Waals surface area contributed by atoms with Crippen LogP contribution in [0, 0.1) is 12.8 Å². The number of hydrogen-bond donors (Lipinski definition) is 1. The molecule has 5 rings (SSSR count). The summed E-state index contributed by atoms with van der Waals surface area (Å²) in [5.74, 6) is 1.93. The van der Waals surface area contributed by atoms with E-state index in [1.807, 2.05) is 61.7 Å². The van der Waals surface area contributed by atoms with E-state index in [0.29, 0.717) is 18.3 Å². The SMILES string of the molecule is Cc1ccc(-c2noc(-c3cccnc3N3CCC(C(=O)NCCc4cccnc4)CC3)n2)cc1. The van der Waals surface area contributed by atoms with Gasteiger partial charge in [-0.3, -0.25) is 9.78 Å². The number of carbonyl (C=O) groups is 1. The van der Waals surface area contributed by atoms with Crippen molar-refractivity contribution in [3.05, 3.63) is 78.2 Å². The molecule has 3 aromatic heterocycles. The number of benzene rings is 1. The number of aryl methyl sites for hydroxylation is 1. The molecule has 1 aromatic carbocycles. The lowest BCUT2D eigenvalue weighted by molar-refractivity contribution is -0.125. The minimum atomic E-state index is 0.00357. The van der Waals surface area contributed by atoms with E-state index in [2.05, 4.69) is 30.3 Å². The molecule has 1 N–H and O–H groups in total. The molecule has 1 saturated heterocycles. The zero-order valence-electron chi connectivity index (χ0n) is 19.7. The molecule has 0 atom stereocenters. The largest absolute Gasteiger partial charge is 0.356 e. The van der Waals surface area contributed by atoms with Gasteiger partial charge in [-0.2, -0.15) is 4.98 Å². The zero-order chi connectivity index (χ0) is 24.0. The van der Waals surface area contributed by atoms with E-state index in [0.717, 1.165) is 54.9 Å². The summed E-state index contributed by atoms with van der Waals surface area (Å²) < 4.78 is 5.61. The molecule has 1 aliphatic rings. The first kappa shape index (κ1) is 22.7. The summed E-state index contributed by atoms with van der Waals surface area (Å²) >= 11 is 0. The Morgan fingerprint density at radius 2 is 1.89 bits per heavy atom. The van der Waals surface area contributed by atoms with Gasteiger partial charge >= 0.3 is 0 Å². The summed E-state index contributed by atoms with van der Waals surface area (Å²) in [6.45, 7) is 4.14. The minimum absolute atomic E-state index is 0.00357. The molecule has 0 aliphatic carbocycles. The summed E-state index contributed by atoms with van der Waals surface area (Å²) in [4.78, 5) is 28.2. The van der Waals surface area contributed by atoms with Gasteiger partial charge in [0.05, 0.1) is 5.56 Å². The average Bonchev–Trinajstić information content (AvgIpc) is 3.40. The molecule has 0 saturated carbocycles. The average molecular weight is 469 g/mol. The minimum Gasteiger partial charge on any atom is -0.356 e. The van der Waals surface area contributed by atoms with Crippen molar-refractivity contribution in [2.24, 2.45) is 5.92 Å². The molecule has 4 heterocycles. The van der Waals surface area contributed by atoms with Crippen molar-refractivity contribution in [1.82, 2.24) is 25.4 Å². The second-order valence-corrected chi connectivity index (χ2v) is 8.83. The van der Waals surface area contributed by atoms with Crippen LogP contribution in [0.4, 0.5) is 5.82 Å². The number of piperidine rings is 1. The van der Waals surface area contributed by atoms with Crippen LogP contribution >= 0.6 is 0 Å². The molecular weight excluding hydrogens is 440 g/mol. The number of hydrogen-bond acceptors (Lipinski definition) is 7. The monoisotopic (exact) mass is 468 g/mol. The van der Waals surface area contributed by atoms with E-state index in [-0.39, 0.29) is 11.8 Å². The van der Waals surface area contributed by atoms with Crippen LogP contribution in [0.2, 0.25) is 0 Å². The Balaban J connectivity index is 1.21. The molecule has 178 valence electrons. The first-order valence-corrected chi connectivity index (χ1v) is 11.9. The standard InChI is InChI=1S/C27H28N6O2/c1-19-6-8-21(9-7-19)24-31-27(35-32-24)23-5-3-14-29-25(23)33-16-11-22(12-17-33)26(34)30-15-10-20-4-2-13-28-18-20/h2-9,13-14,18,22H,10-12,15-17H2,1H3,(H,30,34). The number of carbonyl (C=O) groups excluding carboxylic acids is 1. The van der Waals surface area contributed by atoms with Crippen molar-refractivity contribution in [3.8, 4) is 22.8 Å². The van der Waals surface area contributed by atoms with Crippen molar-refractivity contribution < 1.29 is 9.32 Å². The zero-order valence-corrected chi connectivity index (χ0v) is 19.7. The maximum atomic E-state index is 12.7. The number of nitrogens with zero attached hydrogens (tertiary/aromatic N) is 5. The van der Waals surface area contributed by atoms with Gasteiger partial charge in [-0.15, -0.1) is 0 Å². The number of nitrogens with one attached hydrogen (secondary N) is 1. The van der Waals surface area contributed by atoms with Gasteiger partial charge in [-0.1, -0.05) is 41.1 Å². The Morgan fingerprint density at radius 1 is 1.09 bits per heavy atom. The molecule has 4 aromatic rings. The number of rotatable bonds is 7. The number of pyridine rings is 2. The maximum Gasteiger partial charge on any atom is 0.261 e. The highest BCUT2D eigenvalue weighted by molar-refractivity contribution is 5.79.